The molecule has 2 nitrogen and oxygen atoms in total. The molecule has 0 radical (unpaired) electrons. The van der Waals surface area contributed by atoms with Crippen LogP contribution in [0.15, 0.2) is 41.3 Å². The van der Waals surface area contributed by atoms with E-state index in [1.54, 1.807) is 6.26 Å². The molecule has 0 aliphatic carbocycles. The van der Waals surface area contributed by atoms with E-state index in [1.165, 1.54) is 36.0 Å². The van der Waals surface area contributed by atoms with Crippen LogP contribution in [0.2, 0.25) is 10.0 Å². The molecule has 2 aromatic rings. The van der Waals surface area contributed by atoms with Gasteiger partial charge in [-0.15, -0.1) is 11.8 Å². The van der Waals surface area contributed by atoms with Crippen LogP contribution in [0.3, 0.4) is 0 Å². The molecule has 2 rings (SSSR count). The summed E-state index contributed by atoms with van der Waals surface area (Å²) >= 11 is 12.4. The second kappa shape index (κ2) is 8.54. The topological polar surface area (TPSA) is 37.3 Å². The molecule has 0 fully saturated rings. The third-order valence-electron chi connectivity index (χ3n) is 3.66. The molecule has 1 N–H and O–H groups in total. The molecule has 0 aromatic heterocycles. The van der Waals surface area contributed by atoms with E-state index in [4.69, 9.17) is 28.3 Å². The van der Waals surface area contributed by atoms with Crippen molar-refractivity contribution in [1.82, 2.24) is 0 Å². The largest absolute Gasteiger partial charge is 0.478 e. The van der Waals surface area contributed by atoms with Crippen LogP contribution >= 0.6 is 35.0 Å². The highest BCUT2D eigenvalue weighted by Crippen LogP contribution is 2.39. The van der Waals surface area contributed by atoms with E-state index in [9.17, 15) is 22.4 Å². The lowest BCUT2D eigenvalue weighted by atomic mass is 9.97. The highest BCUT2D eigenvalue weighted by atomic mass is 35.5. The predicted octanol–water partition coefficient (Wildman–Crippen LogP) is 6.91. The molecule has 0 bridgehead atoms. The lowest BCUT2D eigenvalue weighted by Crippen LogP contribution is -2.19. The minimum absolute atomic E-state index is 0.0594. The number of aromatic carboxylic acids is 1. The molecule has 1 atom stereocenters. The van der Waals surface area contributed by atoms with Crippen LogP contribution in [0.4, 0.5) is 17.6 Å². The van der Waals surface area contributed by atoms with E-state index >= 15 is 0 Å². The van der Waals surface area contributed by atoms with Crippen molar-refractivity contribution in [3.8, 4) is 0 Å². The quantitative estimate of drug-likeness (QED) is 0.313. The Morgan fingerprint density at radius 2 is 1.78 bits per heavy atom. The van der Waals surface area contributed by atoms with Gasteiger partial charge in [0.15, 0.2) is 5.82 Å². The summed E-state index contributed by atoms with van der Waals surface area (Å²) in [7, 11) is 0. The number of halogens is 6. The number of benzene rings is 2. The van der Waals surface area contributed by atoms with E-state index in [-0.39, 0.29) is 11.1 Å². The summed E-state index contributed by atoms with van der Waals surface area (Å²) in [6.45, 7) is 0. The van der Waals surface area contributed by atoms with Gasteiger partial charge in [-0.05, 0) is 41.6 Å². The third-order valence-corrected chi connectivity index (χ3v) is 4.98. The van der Waals surface area contributed by atoms with Gasteiger partial charge in [0.25, 0.3) is 0 Å². The van der Waals surface area contributed by atoms with E-state index in [0.717, 1.165) is 18.2 Å². The van der Waals surface area contributed by atoms with Gasteiger partial charge in [0, 0.05) is 4.90 Å². The molecule has 0 saturated heterocycles. The Balaban J connectivity index is 2.45. The zero-order chi connectivity index (χ0) is 20.4. The average molecular weight is 439 g/mol. The lowest BCUT2D eigenvalue weighted by Gasteiger charge is -2.18. The molecule has 27 heavy (non-hydrogen) atoms. The van der Waals surface area contributed by atoms with E-state index in [2.05, 4.69) is 0 Å². The van der Waals surface area contributed by atoms with Gasteiger partial charge in [-0.1, -0.05) is 41.4 Å². The fraction of sp³-hybridized carbons (Fsp3) is 0.167. The summed E-state index contributed by atoms with van der Waals surface area (Å²) < 4.78 is 53.9. The Bertz CT molecular complexity index is 874. The number of alkyl halides is 3. The number of thioether (sulfide) groups is 1. The number of hydrogen-bond acceptors (Lipinski definition) is 2. The van der Waals surface area contributed by atoms with Crippen molar-refractivity contribution in [3.63, 3.8) is 0 Å². The summed E-state index contributed by atoms with van der Waals surface area (Å²) in [5.74, 6) is -4.18. The van der Waals surface area contributed by atoms with Crippen molar-refractivity contribution < 1.29 is 27.5 Å². The number of carboxylic acid groups (broad SMARTS) is 1. The van der Waals surface area contributed by atoms with Gasteiger partial charge in [0.1, 0.15) is 0 Å². The number of allylic oxidation sites excluding steroid dienone is 1. The predicted molar refractivity (Wildman–Crippen MR) is 99.4 cm³/mol. The fourth-order valence-corrected chi connectivity index (χ4v) is 3.49. The van der Waals surface area contributed by atoms with Gasteiger partial charge in [-0.25, -0.2) is 9.18 Å². The normalized spacial score (nSPS) is 13.1. The second-order valence-electron chi connectivity index (χ2n) is 5.44. The van der Waals surface area contributed by atoms with Crippen molar-refractivity contribution in [2.45, 2.75) is 17.0 Å². The zero-order valence-electron chi connectivity index (χ0n) is 13.7. The molecule has 0 aliphatic rings. The SMILES string of the molecule is CSc1cc(/C=C/C(c2cc(Cl)c(F)c(Cl)c2)C(F)(F)F)ccc1C(=O)O. The maximum Gasteiger partial charge on any atom is 0.399 e. The fourth-order valence-electron chi connectivity index (χ4n) is 2.36. The molecule has 0 spiro atoms. The number of carboxylic acids is 1. The van der Waals surface area contributed by atoms with E-state index in [0.29, 0.717) is 10.5 Å². The maximum absolute atomic E-state index is 13.5. The molecular formula is C18H12Cl2F4O2S. The summed E-state index contributed by atoms with van der Waals surface area (Å²) in [5.41, 5.74) is 0.143. The van der Waals surface area contributed by atoms with Gasteiger partial charge in [0.2, 0.25) is 0 Å². The molecule has 2 aromatic carbocycles. The second-order valence-corrected chi connectivity index (χ2v) is 7.10. The zero-order valence-corrected chi connectivity index (χ0v) is 16.0. The first kappa shape index (κ1) is 21.6. The highest BCUT2D eigenvalue weighted by Gasteiger charge is 2.39. The molecule has 0 aliphatic heterocycles. The molecule has 9 heteroatoms. The van der Waals surface area contributed by atoms with Gasteiger partial charge in [0.05, 0.1) is 21.5 Å². The minimum atomic E-state index is -4.66. The highest BCUT2D eigenvalue weighted by molar-refractivity contribution is 7.98. The van der Waals surface area contributed by atoms with Gasteiger partial charge >= 0.3 is 12.1 Å². The number of hydrogen-bond donors (Lipinski definition) is 1. The minimum Gasteiger partial charge on any atom is -0.478 e. The van der Waals surface area contributed by atoms with Crippen LogP contribution in [0, 0.1) is 5.82 Å². The Morgan fingerprint density at radius 1 is 1.19 bits per heavy atom. The van der Waals surface area contributed by atoms with Crippen molar-refractivity contribution in [1.29, 1.82) is 0 Å². The Hall–Kier alpha value is -1.70. The van der Waals surface area contributed by atoms with Crippen LogP contribution in [0.25, 0.3) is 6.08 Å². The van der Waals surface area contributed by atoms with Crippen molar-refractivity contribution >= 4 is 47.0 Å². The average Bonchev–Trinajstić information content (AvgIpc) is 2.58. The Labute approximate surface area is 166 Å². The lowest BCUT2D eigenvalue weighted by molar-refractivity contribution is -0.139. The van der Waals surface area contributed by atoms with Gasteiger partial charge < -0.3 is 5.11 Å². The first-order chi connectivity index (χ1) is 12.5. The number of rotatable bonds is 5. The molecular weight excluding hydrogens is 427 g/mol. The van der Waals surface area contributed by atoms with Crippen LogP contribution < -0.4 is 0 Å². The third kappa shape index (κ3) is 5.18. The summed E-state index contributed by atoms with van der Waals surface area (Å²) in [6.07, 6.45) is -0.894. The van der Waals surface area contributed by atoms with E-state index in [1.807, 2.05) is 0 Å². The summed E-state index contributed by atoms with van der Waals surface area (Å²) in [5, 5.41) is 8.09. The molecule has 0 saturated carbocycles. The van der Waals surface area contributed by atoms with Gasteiger partial charge in [-0.2, -0.15) is 13.2 Å². The van der Waals surface area contributed by atoms with Crippen LogP contribution in [0.5, 0.6) is 0 Å². The standard InChI is InChI=1S/C18H12Cl2F4O2S/c1-27-15-6-9(2-4-11(15)17(25)26)3-5-12(18(22,23)24)10-7-13(19)16(21)14(20)8-10/h2-8,12H,1H3,(H,25,26)/b5-3+. The first-order valence-corrected chi connectivity index (χ1v) is 9.33. The van der Waals surface area contributed by atoms with Crippen molar-refractivity contribution in [2.75, 3.05) is 6.26 Å². The molecule has 0 amide bonds. The maximum atomic E-state index is 13.5. The van der Waals surface area contributed by atoms with Crippen LogP contribution in [-0.4, -0.2) is 23.5 Å². The molecule has 0 heterocycles. The van der Waals surface area contributed by atoms with Crippen LogP contribution in [-0.2, 0) is 0 Å². The van der Waals surface area contributed by atoms with E-state index < -0.39 is 33.9 Å². The smallest absolute Gasteiger partial charge is 0.399 e. The summed E-state index contributed by atoms with van der Waals surface area (Å²) in [4.78, 5) is 11.5. The van der Waals surface area contributed by atoms with Gasteiger partial charge in [-0.3, -0.25) is 0 Å². The summed E-state index contributed by atoms with van der Waals surface area (Å²) in [6, 6.07) is 5.96. The first-order valence-electron chi connectivity index (χ1n) is 7.35. The van der Waals surface area contributed by atoms with Crippen molar-refractivity contribution in [2.24, 2.45) is 0 Å². The number of carbonyl (C=O) groups is 1. The molecule has 144 valence electrons. The monoisotopic (exact) mass is 438 g/mol. The van der Waals surface area contributed by atoms with Crippen molar-refractivity contribution in [3.05, 3.63) is 69.0 Å². The Morgan fingerprint density at radius 3 is 2.26 bits per heavy atom. The Kier molecular flexibility index (Phi) is 6.83. The molecule has 1 unspecified atom stereocenters. The van der Waals surface area contributed by atoms with Crippen LogP contribution in [0.1, 0.15) is 27.4 Å².